The normalized spacial score (nSPS) is 14.0. The van der Waals surface area contributed by atoms with Crippen molar-refractivity contribution in [1.29, 1.82) is 0 Å². The van der Waals surface area contributed by atoms with E-state index in [-0.39, 0.29) is 5.91 Å². The fourth-order valence-corrected chi connectivity index (χ4v) is 3.66. The summed E-state index contributed by atoms with van der Waals surface area (Å²) in [6, 6.07) is 11.6. The molecule has 3 rings (SSSR count). The van der Waals surface area contributed by atoms with Crippen molar-refractivity contribution in [2.75, 3.05) is 25.1 Å². The van der Waals surface area contributed by atoms with Gasteiger partial charge >= 0.3 is 0 Å². The van der Waals surface area contributed by atoms with Crippen LogP contribution in [0.1, 0.15) is 34.3 Å². The Bertz CT molecular complexity index is 830. The second-order valence-corrected chi connectivity index (χ2v) is 7.45. The van der Waals surface area contributed by atoms with Gasteiger partial charge in [0, 0.05) is 24.3 Å². The Kier molecular flexibility index (Phi) is 6.13. The molecule has 2 aromatic carbocycles. The van der Waals surface area contributed by atoms with Gasteiger partial charge in [-0.1, -0.05) is 6.07 Å². The zero-order valence-corrected chi connectivity index (χ0v) is 17.1. The van der Waals surface area contributed by atoms with E-state index < -0.39 is 0 Å². The van der Waals surface area contributed by atoms with E-state index in [1.807, 2.05) is 12.1 Å². The highest BCUT2D eigenvalue weighted by Gasteiger charge is 2.14. The van der Waals surface area contributed by atoms with Gasteiger partial charge in [-0.3, -0.25) is 4.79 Å². The molecule has 0 radical (unpaired) electrons. The molecule has 0 aromatic heterocycles. The van der Waals surface area contributed by atoms with Crippen LogP contribution in [0.2, 0.25) is 0 Å². The molecule has 1 N–H and O–H groups in total. The second-order valence-electron chi connectivity index (χ2n) is 6.29. The number of carbonyl (C=O) groups excluding carboxylic acids is 1. The summed E-state index contributed by atoms with van der Waals surface area (Å²) in [5, 5.41) is 4.08. The zero-order valence-electron chi connectivity index (χ0n) is 15.0. The van der Waals surface area contributed by atoms with E-state index in [1.54, 1.807) is 25.5 Å². The van der Waals surface area contributed by atoms with Crippen molar-refractivity contribution in [3.8, 4) is 5.75 Å². The zero-order chi connectivity index (χ0) is 18.5. The van der Waals surface area contributed by atoms with E-state index in [2.05, 4.69) is 57.1 Å². The van der Waals surface area contributed by atoms with Crippen molar-refractivity contribution in [2.24, 2.45) is 5.10 Å². The van der Waals surface area contributed by atoms with Crippen molar-refractivity contribution < 1.29 is 9.53 Å². The van der Waals surface area contributed by atoms with Gasteiger partial charge in [-0.25, -0.2) is 5.43 Å². The second kappa shape index (κ2) is 8.53. The molecule has 0 aliphatic carbocycles. The van der Waals surface area contributed by atoms with Crippen LogP contribution in [-0.4, -0.2) is 32.3 Å². The predicted molar refractivity (Wildman–Crippen MR) is 113 cm³/mol. The maximum absolute atomic E-state index is 12.2. The van der Waals surface area contributed by atoms with Crippen LogP contribution >= 0.6 is 22.6 Å². The fourth-order valence-electron chi connectivity index (χ4n) is 3.10. The molecule has 1 amide bonds. The summed E-state index contributed by atoms with van der Waals surface area (Å²) in [5.41, 5.74) is 6.56. The number of amides is 1. The van der Waals surface area contributed by atoms with Crippen LogP contribution in [0.5, 0.6) is 5.75 Å². The van der Waals surface area contributed by atoms with E-state index in [4.69, 9.17) is 4.74 Å². The number of ether oxygens (including phenoxy) is 1. The van der Waals surface area contributed by atoms with Gasteiger partial charge in [0.25, 0.3) is 5.91 Å². The number of hydrogen-bond donors (Lipinski definition) is 1. The molecule has 6 heteroatoms. The van der Waals surface area contributed by atoms with Gasteiger partial charge in [-0.15, -0.1) is 0 Å². The predicted octanol–water partition coefficient (Wildman–Crippen LogP) is 3.97. The summed E-state index contributed by atoms with van der Waals surface area (Å²) in [7, 11) is 1.59. The van der Waals surface area contributed by atoms with Crippen LogP contribution in [-0.2, 0) is 0 Å². The van der Waals surface area contributed by atoms with Crippen LogP contribution in [0.4, 0.5) is 5.69 Å². The lowest BCUT2D eigenvalue weighted by Gasteiger charge is -2.20. The maximum Gasteiger partial charge on any atom is 0.271 e. The molecule has 5 nitrogen and oxygen atoms in total. The minimum Gasteiger partial charge on any atom is -0.496 e. The SMILES string of the molecule is COc1cc(C(=O)N/N=C\c2ccc(N3CCCC3)c(C)c2)ccc1I. The van der Waals surface area contributed by atoms with Gasteiger partial charge < -0.3 is 9.64 Å². The number of hydrogen-bond acceptors (Lipinski definition) is 4. The van der Waals surface area contributed by atoms with E-state index in [9.17, 15) is 4.79 Å². The summed E-state index contributed by atoms with van der Waals surface area (Å²) in [6.45, 7) is 4.37. The van der Waals surface area contributed by atoms with E-state index >= 15 is 0 Å². The largest absolute Gasteiger partial charge is 0.496 e. The van der Waals surface area contributed by atoms with Crippen LogP contribution in [0.15, 0.2) is 41.5 Å². The van der Waals surface area contributed by atoms with Gasteiger partial charge in [0.1, 0.15) is 5.75 Å². The number of nitrogens with zero attached hydrogens (tertiary/aromatic N) is 2. The first kappa shape index (κ1) is 18.7. The molecule has 1 fully saturated rings. The Morgan fingerprint density at radius 3 is 2.69 bits per heavy atom. The number of methoxy groups -OCH3 is 1. The third kappa shape index (κ3) is 4.35. The monoisotopic (exact) mass is 463 g/mol. The summed E-state index contributed by atoms with van der Waals surface area (Å²) in [4.78, 5) is 14.6. The first-order valence-corrected chi connectivity index (χ1v) is 9.69. The van der Waals surface area contributed by atoms with Gasteiger partial charge in [0.05, 0.1) is 16.9 Å². The van der Waals surface area contributed by atoms with Gasteiger partial charge in [0.15, 0.2) is 0 Å². The lowest BCUT2D eigenvalue weighted by atomic mass is 10.1. The number of nitrogens with one attached hydrogen (secondary N) is 1. The van der Waals surface area contributed by atoms with Crippen molar-refractivity contribution in [3.63, 3.8) is 0 Å². The van der Waals surface area contributed by atoms with Crippen LogP contribution < -0.4 is 15.1 Å². The highest BCUT2D eigenvalue weighted by atomic mass is 127. The third-order valence-electron chi connectivity index (χ3n) is 4.46. The Morgan fingerprint density at radius 1 is 1.23 bits per heavy atom. The standard InChI is InChI=1S/C20H22IN3O2/c1-14-11-15(5-8-18(14)24-9-3-4-10-24)13-22-23-20(25)16-6-7-17(21)19(12-16)26-2/h5-8,11-13H,3-4,9-10H2,1-2H3,(H,23,25)/b22-13-. The van der Waals surface area contributed by atoms with Gasteiger partial charge in [-0.05, 0) is 83.8 Å². The summed E-state index contributed by atoms with van der Waals surface area (Å²) in [6.07, 6.45) is 4.19. The first-order valence-electron chi connectivity index (χ1n) is 8.61. The smallest absolute Gasteiger partial charge is 0.271 e. The number of halogens is 1. The summed E-state index contributed by atoms with van der Waals surface area (Å²) >= 11 is 2.17. The number of carbonyl (C=O) groups is 1. The number of hydrazone groups is 1. The summed E-state index contributed by atoms with van der Waals surface area (Å²) < 4.78 is 6.20. The van der Waals surface area contributed by atoms with Crippen molar-refractivity contribution >= 4 is 40.4 Å². The average Bonchev–Trinajstić information content (AvgIpc) is 3.16. The number of benzene rings is 2. The van der Waals surface area contributed by atoms with Crippen LogP contribution in [0.3, 0.4) is 0 Å². The molecule has 1 aliphatic rings. The van der Waals surface area contributed by atoms with Crippen molar-refractivity contribution in [1.82, 2.24) is 5.43 Å². The molecular weight excluding hydrogens is 441 g/mol. The highest BCUT2D eigenvalue weighted by molar-refractivity contribution is 14.1. The fraction of sp³-hybridized carbons (Fsp3) is 0.300. The maximum atomic E-state index is 12.2. The molecule has 2 aromatic rings. The number of aryl methyl sites for hydroxylation is 1. The Hall–Kier alpha value is -2.09. The molecule has 1 aliphatic heterocycles. The van der Waals surface area contributed by atoms with E-state index in [0.717, 1.165) is 22.2 Å². The molecular formula is C20H22IN3O2. The van der Waals surface area contributed by atoms with Crippen LogP contribution in [0, 0.1) is 10.5 Å². The molecule has 26 heavy (non-hydrogen) atoms. The lowest BCUT2D eigenvalue weighted by molar-refractivity contribution is 0.0954. The lowest BCUT2D eigenvalue weighted by Crippen LogP contribution is -2.19. The number of rotatable bonds is 5. The summed E-state index contributed by atoms with van der Waals surface area (Å²) in [5.74, 6) is 0.414. The van der Waals surface area contributed by atoms with E-state index in [0.29, 0.717) is 11.3 Å². The third-order valence-corrected chi connectivity index (χ3v) is 5.35. The van der Waals surface area contributed by atoms with Crippen molar-refractivity contribution in [2.45, 2.75) is 19.8 Å². The molecule has 0 spiro atoms. The quantitative estimate of drug-likeness (QED) is 0.415. The topological polar surface area (TPSA) is 53.9 Å². The molecule has 1 heterocycles. The highest BCUT2D eigenvalue weighted by Crippen LogP contribution is 2.24. The molecule has 0 saturated carbocycles. The molecule has 136 valence electrons. The molecule has 0 unspecified atom stereocenters. The number of anilines is 1. The first-order chi connectivity index (χ1) is 12.6. The minimum absolute atomic E-state index is 0.263. The Balaban J connectivity index is 1.64. The van der Waals surface area contributed by atoms with E-state index in [1.165, 1.54) is 24.1 Å². The minimum atomic E-state index is -0.263. The van der Waals surface area contributed by atoms with Gasteiger partial charge in [-0.2, -0.15) is 5.10 Å². The molecule has 1 saturated heterocycles. The Labute approximate surface area is 167 Å². The Morgan fingerprint density at radius 2 is 2.00 bits per heavy atom. The molecule has 0 atom stereocenters. The van der Waals surface area contributed by atoms with Crippen LogP contribution in [0.25, 0.3) is 0 Å². The average molecular weight is 463 g/mol. The molecule has 0 bridgehead atoms. The van der Waals surface area contributed by atoms with Gasteiger partial charge in [0.2, 0.25) is 0 Å². The van der Waals surface area contributed by atoms with Crippen molar-refractivity contribution in [3.05, 3.63) is 56.7 Å².